The molecule has 0 aliphatic heterocycles. The molecular weight excluding hydrogens is 201 g/mol. The summed E-state index contributed by atoms with van der Waals surface area (Å²) < 4.78 is 13.1. The number of aromatic nitrogens is 1. The number of likely N-dealkylation sites (N-methyl/N-ethyl adjacent to an activating group) is 1. The molecule has 0 aromatic carbocycles. The minimum absolute atomic E-state index is 0.131. The number of hydrogen-bond acceptors (Lipinski definition) is 3. The molecule has 0 bridgehead atoms. The summed E-state index contributed by atoms with van der Waals surface area (Å²) in [6, 6.07) is 1.25. The van der Waals surface area contributed by atoms with Gasteiger partial charge < -0.3 is 10.6 Å². The van der Waals surface area contributed by atoms with E-state index in [0.29, 0.717) is 0 Å². The monoisotopic (exact) mass is 211 g/mol. The molecule has 1 aromatic heterocycles. The molecule has 0 spiro atoms. The van der Waals surface area contributed by atoms with Crippen molar-refractivity contribution >= 4 is 11.8 Å². The van der Waals surface area contributed by atoms with Gasteiger partial charge in [-0.15, -0.1) is 0 Å². The van der Waals surface area contributed by atoms with Gasteiger partial charge in [0.1, 0.15) is 0 Å². The zero-order valence-electron chi connectivity index (χ0n) is 8.11. The summed E-state index contributed by atoms with van der Waals surface area (Å²) >= 11 is 0. The van der Waals surface area contributed by atoms with E-state index in [1.54, 1.807) is 0 Å². The van der Waals surface area contributed by atoms with Gasteiger partial charge in [0.2, 0.25) is 5.91 Å². The second-order valence-corrected chi connectivity index (χ2v) is 2.98. The van der Waals surface area contributed by atoms with Crippen LogP contribution in [0.3, 0.4) is 0 Å². The van der Waals surface area contributed by atoms with Crippen LogP contribution in [0.1, 0.15) is 10.4 Å². The fourth-order valence-corrected chi connectivity index (χ4v) is 1.06. The predicted octanol–water partition coefficient (Wildman–Crippen LogP) is -0.222. The van der Waals surface area contributed by atoms with Crippen LogP contribution >= 0.6 is 0 Å². The molecule has 1 rings (SSSR count). The van der Waals surface area contributed by atoms with Gasteiger partial charge in [0, 0.05) is 13.2 Å². The average molecular weight is 211 g/mol. The van der Waals surface area contributed by atoms with Gasteiger partial charge in [-0.3, -0.25) is 14.6 Å². The van der Waals surface area contributed by atoms with Gasteiger partial charge in [0.05, 0.1) is 18.3 Å². The van der Waals surface area contributed by atoms with E-state index in [0.717, 1.165) is 11.1 Å². The van der Waals surface area contributed by atoms with Crippen molar-refractivity contribution in [1.82, 2.24) is 9.88 Å². The van der Waals surface area contributed by atoms with Crippen molar-refractivity contribution < 1.29 is 14.0 Å². The van der Waals surface area contributed by atoms with E-state index in [9.17, 15) is 14.0 Å². The van der Waals surface area contributed by atoms with Gasteiger partial charge in [-0.25, -0.2) is 4.39 Å². The van der Waals surface area contributed by atoms with E-state index < -0.39 is 17.6 Å². The number of hydrogen-bond donors (Lipinski definition) is 1. The van der Waals surface area contributed by atoms with Crippen molar-refractivity contribution in [3.05, 3.63) is 29.8 Å². The first kappa shape index (κ1) is 11.1. The zero-order valence-corrected chi connectivity index (χ0v) is 8.11. The highest BCUT2D eigenvalue weighted by Gasteiger charge is 2.16. The van der Waals surface area contributed by atoms with Crippen LogP contribution in [0.25, 0.3) is 0 Å². The molecule has 1 heterocycles. The number of nitrogens with two attached hydrogens (primary N) is 1. The second kappa shape index (κ2) is 4.50. The minimum atomic E-state index is -0.723. The molecule has 1 aromatic rings. The van der Waals surface area contributed by atoms with Gasteiger partial charge in [-0.2, -0.15) is 0 Å². The Morgan fingerprint density at radius 3 is 2.80 bits per heavy atom. The van der Waals surface area contributed by atoms with Crippen molar-refractivity contribution in [3.8, 4) is 0 Å². The Bertz CT molecular complexity index is 395. The Balaban J connectivity index is 2.85. The highest BCUT2D eigenvalue weighted by atomic mass is 19.1. The average Bonchev–Trinajstić information content (AvgIpc) is 2.16. The Hall–Kier alpha value is -1.98. The quantitative estimate of drug-likeness (QED) is 0.750. The lowest BCUT2D eigenvalue weighted by atomic mass is 10.2. The number of rotatable bonds is 3. The van der Waals surface area contributed by atoms with Crippen LogP contribution in [0.4, 0.5) is 4.39 Å². The topological polar surface area (TPSA) is 76.3 Å². The molecule has 0 aliphatic carbocycles. The lowest BCUT2D eigenvalue weighted by molar-refractivity contribution is -0.118. The molecule has 0 fully saturated rings. The fourth-order valence-electron chi connectivity index (χ4n) is 1.06. The van der Waals surface area contributed by atoms with E-state index in [2.05, 4.69) is 4.98 Å². The zero-order chi connectivity index (χ0) is 11.4. The summed E-state index contributed by atoms with van der Waals surface area (Å²) in [5.41, 5.74) is 4.78. The predicted molar refractivity (Wildman–Crippen MR) is 50.3 cm³/mol. The maximum absolute atomic E-state index is 13.1. The highest BCUT2D eigenvalue weighted by Crippen LogP contribution is 2.07. The van der Waals surface area contributed by atoms with Crippen molar-refractivity contribution in [2.45, 2.75) is 0 Å². The normalized spacial score (nSPS) is 9.73. The number of carbonyl (C=O) groups is 2. The standard InChI is InChI=1S/C9H10FN3O2/c1-13(5-8(11)14)9(15)6-2-3-12-4-7(6)10/h2-4H,5H2,1H3,(H2,11,14). The summed E-state index contributed by atoms with van der Waals surface area (Å²) in [6.07, 6.45) is 2.24. The van der Waals surface area contributed by atoms with Crippen LogP contribution < -0.4 is 5.73 Å². The number of pyridine rings is 1. The highest BCUT2D eigenvalue weighted by molar-refractivity contribution is 5.96. The van der Waals surface area contributed by atoms with Crippen molar-refractivity contribution in [1.29, 1.82) is 0 Å². The summed E-state index contributed by atoms with van der Waals surface area (Å²) in [5.74, 6) is -1.98. The molecule has 80 valence electrons. The molecule has 0 aliphatic rings. The summed E-state index contributed by atoms with van der Waals surface area (Å²) in [7, 11) is 1.37. The van der Waals surface area contributed by atoms with Gasteiger partial charge in [0.15, 0.2) is 5.82 Å². The van der Waals surface area contributed by atoms with Gasteiger partial charge in [-0.05, 0) is 6.07 Å². The van der Waals surface area contributed by atoms with Crippen LogP contribution in [0.15, 0.2) is 18.5 Å². The van der Waals surface area contributed by atoms with Crippen molar-refractivity contribution in [2.75, 3.05) is 13.6 Å². The molecule has 6 heteroatoms. The molecule has 0 saturated carbocycles. The van der Waals surface area contributed by atoms with E-state index in [4.69, 9.17) is 5.73 Å². The molecular formula is C9H10FN3O2. The Morgan fingerprint density at radius 2 is 2.27 bits per heavy atom. The largest absolute Gasteiger partial charge is 0.368 e. The molecule has 0 saturated heterocycles. The Labute approximate surface area is 85.7 Å². The van der Waals surface area contributed by atoms with Gasteiger partial charge >= 0.3 is 0 Å². The van der Waals surface area contributed by atoms with Crippen LogP contribution in [0.2, 0.25) is 0 Å². The first-order valence-corrected chi connectivity index (χ1v) is 4.15. The van der Waals surface area contributed by atoms with Gasteiger partial charge in [0.25, 0.3) is 5.91 Å². The third-order valence-electron chi connectivity index (χ3n) is 1.74. The number of primary amides is 1. The SMILES string of the molecule is CN(CC(N)=O)C(=O)c1ccncc1F. The van der Waals surface area contributed by atoms with Gasteiger partial charge in [-0.1, -0.05) is 0 Å². The molecule has 0 unspecified atom stereocenters. The van der Waals surface area contributed by atoms with E-state index >= 15 is 0 Å². The number of amides is 2. The lowest BCUT2D eigenvalue weighted by Crippen LogP contribution is -2.35. The van der Waals surface area contributed by atoms with Crippen LogP contribution in [0, 0.1) is 5.82 Å². The number of carbonyl (C=O) groups excluding carboxylic acids is 2. The first-order chi connectivity index (χ1) is 7.02. The molecule has 15 heavy (non-hydrogen) atoms. The van der Waals surface area contributed by atoms with Crippen molar-refractivity contribution in [3.63, 3.8) is 0 Å². The first-order valence-electron chi connectivity index (χ1n) is 4.15. The third-order valence-corrected chi connectivity index (χ3v) is 1.74. The molecule has 5 nitrogen and oxygen atoms in total. The number of nitrogens with zero attached hydrogens (tertiary/aromatic N) is 2. The summed E-state index contributed by atoms with van der Waals surface area (Å²) in [5, 5.41) is 0. The lowest BCUT2D eigenvalue weighted by Gasteiger charge is -2.14. The molecule has 0 atom stereocenters. The third kappa shape index (κ3) is 2.73. The Kier molecular flexibility index (Phi) is 3.33. The Morgan fingerprint density at radius 1 is 1.60 bits per heavy atom. The van der Waals surface area contributed by atoms with Crippen LogP contribution in [-0.2, 0) is 4.79 Å². The summed E-state index contributed by atoms with van der Waals surface area (Å²) in [6.45, 7) is -0.249. The maximum atomic E-state index is 13.1. The number of halogens is 1. The summed E-state index contributed by atoms with van der Waals surface area (Å²) in [4.78, 5) is 26.7. The van der Waals surface area contributed by atoms with E-state index in [-0.39, 0.29) is 12.1 Å². The smallest absolute Gasteiger partial charge is 0.257 e. The van der Waals surface area contributed by atoms with E-state index in [1.807, 2.05) is 0 Å². The second-order valence-electron chi connectivity index (χ2n) is 2.98. The fraction of sp³-hybridized carbons (Fsp3) is 0.222. The molecule has 2 amide bonds. The molecule has 2 N–H and O–H groups in total. The molecule has 0 radical (unpaired) electrons. The minimum Gasteiger partial charge on any atom is -0.368 e. The maximum Gasteiger partial charge on any atom is 0.257 e. The van der Waals surface area contributed by atoms with Crippen LogP contribution in [-0.4, -0.2) is 35.3 Å². The van der Waals surface area contributed by atoms with Crippen molar-refractivity contribution in [2.24, 2.45) is 5.73 Å². The van der Waals surface area contributed by atoms with E-state index in [1.165, 1.54) is 19.3 Å². The van der Waals surface area contributed by atoms with Crippen LogP contribution in [0.5, 0.6) is 0 Å².